The van der Waals surface area contributed by atoms with Crippen molar-refractivity contribution in [3.63, 3.8) is 0 Å². The molecular formula is C13H26N2O3. The van der Waals surface area contributed by atoms with E-state index in [9.17, 15) is 9.59 Å². The molecule has 3 N–H and O–H groups in total. The van der Waals surface area contributed by atoms with Gasteiger partial charge in [-0.2, -0.15) is 0 Å². The van der Waals surface area contributed by atoms with Gasteiger partial charge >= 0.3 is 0 Å². The Morgan fingerprint density at radius 3 is 2.11 bits per heavy atom. The monoisotopic (exact) mass is 258 g/mol. The molecule has 0 atom stereocenters. The summed E-state index contributed by atoms with van der Waals surface area (Å²) < 4.78 is 0. The van der Waals surface area contributed by atoms with Crippen LogP contribution in [-0.2, 0) is 9.59 Å². The second-order valence-corrected chi connectivity index (χ2v) is 6.20. The van der Waals surface area contributed by atoms with Gasteiger partial charge in [-0.05, 0) is 20.3 Å². The molecule has 0 aromatic rings. The van der Waals surface area contributed by atoms with Gasteiger partial charge in [-0.1, -0.05) is 20.8 Å². The number of aliphatic hydroxyl groups is 1. The van der Waals surface area contributed by atoms with Crippen molar-refractivity contribution in [1.82, 2.24) is 10.6 Å². The van der Waals surface area contributed by atoms with Crippen LogP contribution in [0.3, 0.4) is 0 Å². The molecule has 0 aliphatic carbocycles. The first kappa shape index (κ1) is 16.9. The molecule has 0 bridgehead atoms. The molecule has 0 fully saturated rings. The number of carbonyl (C=O) groups excluding carboxylic acids is 2. The van der Waals surface area contributed by atoms with Crippen LogP contribution in [0.25, 0.3) is 0 Å². The maximum atomic E-state index is 11.5. The SMILES string of the molecule is CC(C)(CO)NC(=O)CCCNC(=O)C(C)(C)C. The molecular weight excluding hydrogens is 232 g/mol. The van der Waals surface area contributed by atoms with Crippen molar-refractivity contribution in [2.75, 3.05) is 13.2 Å². The molecule has 0 saturated carbocycles. The topological polar surface area (TPSA) is 78.4 Å². The minimum Gasteiger partial charge on any atom is -0.394 e. The molecule has 0 radical (unpaired) electrons. The number of nitrogens with one attached hydrogen (secondary N) is 2. The quantitative estimate of drug-likeness (QED) is 0.617. The fraction of sp³-hybridized carbons (Fsp3) is 0.846. The van der Waals surface area contributed by atoms with E-state index in [-0.39, 0.29) is 18.4 Å². The Hall–Kier alpha value is -1.10. The molecule has 5 heteroatoms. The van der Waals surface area contributed by atoms with Gasteiger partial charge in [0.2, 0.25) is 11.8 Å². The Morgan fingerprint density at radius 1 is 1.11 bits per heavy atom. The summed E-state index contributed by atoms with van der Waals surface area (Å²) in [4.78, 5) is 23.1. The fourth-order valence-corrected chi connectivity index (χ4v) is 1.20. The molecule has 0 aromatic carbocycles. The number of hydrogen-bond acceptors (Lipinski definition) is 3. The van der Waals surface area contributed by atoms with Crippen molar-refractivity contribution in [2.24, 2.45) is 5.41 Å². The summed E-state index contributed by atoms with van der Waals surface area (Å²) in [6.45, 7) is 9.44. The van der Waals surface area contributed by atoms with Crippen LogP contribution in [0.4, 0.5) is 0 Å². The highest BCUT2D eigenvalue weighted by atomic mass is 16.3. The van der Waals surface area contributed by atoms with Gasteiger partial charge in [-0.3, -0.25) is 9.59 Å². The van der Waals surface area contributed by atoms with E-state index >= 15 is 0 Å². The van der Waals surface area contributed by atoms with Crippen LogP contribution in [0, 0.1) is 5.41 Å². The van der Waals surface area contributed by atoms with Gasteiger partial charge in [0.1, 0.15) is 0 Å². The van der Waals surface area contributed by atoms with E-state index in [1.807, 2.05) is 20.8 Å². The van der Waals surface area contributed by atoms with E-state index in [2.05, 4.69) is 10.6 Å². The van der Waals surface area contributed by atoms with Crippen LogP contribution in [0.2, 0.25) is 0 Å². The lowest BCUT2D eigenvalue weighted by Gasteiger charge is -2.23. The molecule has 18 heavy (non-hydrogen) atoms. The van der Waals surface area contributed by atoms with Crippen molar-refractivity contribution in [3.05, 3.63) is 0 Å². The van der Waals surface area contributed by atoms with Gasteiger partial charge in [0, 0.05) is 18.4 Å². The normalized spacial score (nSPS) is 12.1. The first-order valence-corrected chi connectivity index (χ1v) is 6.29. The van der Waals surface area contributed by atoms with Crippen molar-refractivity contribution in [2.45, 2.75) is 53.0 Å². The molecule has 106 valence electrons. The van der Waals surface area contributed by atoms with E-state index < -0.39 is 11.0 Å². The first-order chi connectivity index (χ1) is 8.08. The number of aliphatic hydroxyl groups excluding tert-OH is 1. The maximum Gasteiger partial charge on any atom is 0.225 e. The number of amides is 2. The molecule has 0 aliphatic rings. The minimum atomic E-state index is -0.592. The van der Waals surface area contributed by atoms with Crippen LogP contribution in [0.15, 0.2) is 0 Å². The number of carbonyl (C=O) groups is 2. The van der Waals surface area contributed by atoms with Crippen molar-refractivity contribution >= 4 is 11.8 Å². The Bertz CT molecular complexity index is 293. The summed E-state index contributed by atoms with van der Waals surface area (Å²) in [5, 5.41) is 14.5. The van der Waals surface area contributed by atoms with Gasteiger partial charge in [-0.15, -0.1) is 0 Å². The minimum absolute atomic E-state index is 0.0152. The van der Waals surface area contributed by atoms with Gasteiger partial charge in [0.25, 0.3) is 0 Å². The largest absolute Gasteiger partial charge is 0.394 e. The third-order valence-corrected chi connectivity index (χ3v) is 2.42. The summed E-state index contributed by atoms with van der Waals surface area (Å²) in [5.41, 5.74) is -0.993. The van der Waals surface area contributed by atoms with Crippen molar-refractivity contribution < 1.29 is 14.7 Å². The summed E-state index contributed by atoms with van der Waals surface area (Å²) in [6, 6.07) is 0. The lowest BCUT2D eigenvalue weighted by atomic mass is 9.96. The van der Waals surface area contributed by atoms with Crippen molar-refractivity contribution in [3.8, 4) is 0 Å². The molecule has 0 saturated heterocycles. The van der Waals surface area contributed by atoms with E-state index in [0.717, 1.165) is 0 Å². The molecule has 5 nitrogen and oxygen atoms in total. The Labute approximate surface area is 109 Å². The van der Waals surface area contributed by atoms with E-state index in [1.165, 1.54) is 0 Å². The van der Waals surface area contributed by atoms with E-state index in [1.54, 1.807) is 13.8 Å². The Morgan fingerprint density at radius 2 is 1.67 bits per heavy atom. The lowest BCUT2D eigenvalue weighted by molar-refractivity contribution is -0.129. The van der Waals surface area contributed by atoms with Gasteiger partial charge in [0.15, 0.2) is 0 Å². The molecule has 0 heterocycles. The highest BCUT2D eigenvalue weighted by Crippen LogP contribution is 2.12. The zero-order chi connectivity index (χ0) is 14.4. The Kier molecular flexibility index (Phi) is 6.32. The molecule has 0 unspecified atom stereocenters. The predicted molar refractivity (Wildman–Crippen MR) is 71.0 cm³/mol. The second-order valence-electron chi connectivity index (χ2n) is 6.20. The average Bonchev–Trinajstić information content (AvgIpc) is 2.22. The highest BCUT2D eigenvalue weighted by molar-refractivity contribution is 5.81. The Balaban J connectivity index is 3.80. The lowest BCUT2D eigenvalue weighted by Crippen LogP contribution is -2.46. The molecule has 0 rings (SSSR count). The number of rotatable bonds is 6. The molecule has 0 aromatic heterocycles. The van der Waals surface area contributed by atoms with Crippen LogP contribution in [0.1, 0.15) is 47.5 Å². The fourth-order valence-electron chi connectivity index (χ4n) is 1.20. The summed E-state index contributed by atoms with van der Waals surface area (Å²) in [6.07, 6.45) is 0.934. The smallest absolute Gasteiger partial charge is 0.225 e. The van der Waals surface area contributed by atoms with Crippen molar-refractivity contribution in [1.29, 1.82) is 0 Å². The van der Waals surface area contributed by atoms with E-state index in [4.69, 9.17) is 5.11 Å². The predicted octanol–water partition coefficient (Wildman–Crippen LogP) is 0.816. The van der Waals surface area contributed by atoms with Gasteiger partial charge < -0.3 is 15.7 Å². The summed E-state index contributed by atoms with van der Waals surface area (Å²) in [5.74, 6) is -0.127. The van der Waals surface area contributed by atoms with Gasteiger partial charge in [-0.25, -0.2) is 0 Å². The molecule has 0 spiro atoms. The number of hydrogen-bond donors (Lipinski definition) is 3. The standard InChI is InChI=1S/C13H26N2O3/c1-12(2,3)11(18)14-8-6-7-10(17)15-13(4,5)9-16/h16H,6-9H2,1-5H3,(H,14,18)(H,15,17). The highest BCUT2D eigenvalue weighted by Gasteiger charge is 2.21. The van der Waals surface area contributed by atoms with Crippen LogP contribution in [-0.4, -0.2) is 35.6 Å². The van der Waals surface area contributed by atoms with E-state index in [0.29, 0.717) is 19.4 Å². The summed E-state index contributed by atoms with van der Waals surface area (Å²) in [7, 11) is 0. The molecule has 0 aliphatic heterocycles. The van der Waals surface area contributed by atoms with Crippen LogP contribution >= 0.6 is 0 Å². The third-order valence-electron chi connectivity index (χ3n) is 2.42. The second kappa shape index (κ2) is 6.73. The third kappa shape index (κ3) is 7.27. The van der Waals surface area contributed by atoms with Gasteiger partial charge in [0.05, 0.1) is 12.1 Å². The average molecular weight is 258 g/mol. The summed E-state index contributed by atoms with van der Waals surface area (Å²) >= 11 is 0. The van der Waals surface area contributed by atoms with Crippen LogP contribution < -0.4 is 10.6 Å². The zero-order valence-corrected chi connectivity index (χ0v) is 12.1. The maximum absolute atomic E-state index is 11.5. The van der Waals surface area contributed by atoms with Crippen LogP contribution in [0.5, 0.6) is 0 Å². The first-order valence-electron chi connectivity index (χ1n) is 6.29. The molecule has 2 amide bonds. The zero-order valence-electron chi connectivity index (χ0n) is 12.1.